The third kappa shape index (κ3) is 4.79. The van der Waals surface area contributed by atoms with Gasteiger partial charge in [0, 0.05) is 24.2 Å². The van der Waals surface area contributed by atoms with E-state index >= 15 is 0 Å². The summed E-state index contributed by atoms with van der Waals surface area (Å²) < 4.78 is 0. The van der Waals surface area contributed by atoms with E-state index in [2.05, 4.69) is 29.5 Å². The third-order valence-electron chi connectivity index (χ3n) is 5.62. The predicted molar refractivity (Wildman–Crippen MR) is 99.9 cm³/mol. The summed E-state index contributed by atoms with van der Waals surface area (Å²) in [5.41, 5.74) is 2.01. The van der Waals surface area contributed by atoms with Gasteiger partial charge in [-0.05, 0) is 49.3 Å². The Bertz CT molecular complexity index is 568. The van der Waals surface area contributed by atoms with Gasteiger partial charge in [0.25, 0.3) is 0 Å². The molecule has 0 bridgehead atoms. The Hall–Kier alpha value is -1.42. The minimum absolute atomic E-state index is 0.0289. The van der Waals surface area contributed by atoms with E-state index in [1.54, 1.807) is 0 Å². The van der Waals surface area contributed by atoms with Gasteiger partial charge in [-0.3, -0.25) is 4.79 Å². The molecule has 1 fully saturated rings. The minimum atomic E-state index is -0.373. The lowest BCUT2D eigenvalue weighted by atomic mass is 9.86. The summed E-state index contributed by atoms with van der Waals surface area (Å²) in [6.45, 7) is 11.2. The number of carbonyl (C=O) groups is 1. The molecule has 24 heavy (non-hydrogen) atoms. The second-order valence-electron chi connectivity index (χ2n) is 7.94. The highest BCUT2D eigenvalue weighted by Crippen LogP contribution is 2.25. The molecule has 1 aromatic rings. The van der Waals surface area contributed by atoms with Crippen LogP contribution < -0.4 is 10.6 Å². The van der Waals surface area contributed by atoms with Gasteiger partial charge in [-0.25, -0.2) is 4.98 Å². The molecule has 134 valence electrons. The molecule has 4 heteroatoms. The van der Waals surface area contributed by atoms with Gasteiger partial charge in [-0.1, -0.05) is 40.5 Å². The molecule has 1 saturated carbocycles. The van der Waals surface area contributed by atoms with Gasteiger partial charge in [-0.15, -0.1) is 0 Å². The van der Waals surface area contributed by atoms with E-state index in [0.29, 0.717) is 11.9 Å². The van der Waals surface area contributed by atoms with Crippen molar-refractivity contribution < 1.29 is 4.79 Å². The molecule has 1 aromatic heterocycles. The summed E-state index contributed by atoms with van der Waals surface area (Å²) in [4.78, 5) is 16.7. The Morgan fingerprint density at radius 1 is 1.33 bits per heavy atom. The molecule has 0 aromatic carbocycles. The molecule has 2 N–H and O–H groups in total. The maximum atomic E-state index is 12.3. The zero-order chi connectivity index (χ0) is 17.7. The monoisotopic (exact) mass is 331 g/mol. The van der Waals surface area contributed by atoms with Crippen molar-refractivity contribution in [3.8, 4) is 0 Å². The van der Waals surface area contributed by atoms with Crippen LogP contribution in [0.25, 0.3) is 0 Å². The zero-order valence-electron chi connectivity index (χ0n) is 15.9. The number of nitrogens with one attached hydrogen (secondary N) is 2. The summed E-state index contributed by atoms with van der Waals surface area (Å²) in [5.74, 6) is 1.42. The largest absolute Gasteiger partial charge is 0.310 e. The summed E-state index contributed by atoms with van der Waals surface area (Å²) in [6, 6.07) is 2.61. The second-order valence-corrected chi connectivity index (χ2v) is 7.94. The number of anilines is 1. The number of carbonyl (C=O) groups excluding carboxylic acids is 1. The van der Waals surface area contributed by atoms with Crippen LogP contribution in [0.15, 0.2) is 12.3 Å². The Labute approximate surface area is 146 Å². The van der Waals surface area contributed by atoms with Crippen LogP contribution in [0.3, 0.4) is 0 Å². The highest BCUT2D eigenvalue weighted by Gasteiger charge is 2.26. The lowest BCUT2D eigenvalue weighted by Crippen LogP contribution is -2.36. The second kappa shape index (κ2) is 8.11. The van der Waals surface area contributed by atoms with Gasteiger partial charge in [0.1, 0.15) is 5.82 Å². The molecule has 0 saturated heterocycles. The zero-order valence-corrected chi connectivity index (χ0v) is 15.9. The van der Waals surface area contributed by atoms with E-state index in [1.165, 1.54) is 36.8 Å². The Morgan fingerprint density at radius 3 is 2.71 bits per heavy atom. The maximum Gasteiger partial charge on any atom is 0.231 e. The fourth-order valence-electron chi connectivity index (χ4n) is 3.13. The molecule has 2 unspecified atom stereocenters. The molecular weight excluding hydrogens is 298 g/mol. The fourth-order valence-corrected chi connectivity index (χ4v) is 3.13. The SMILES string of the molecule is CCC(C)(C)C(=O)Nc1cc(CNC2CCCCC2C)c(C)cn1. The highest BCUT2D eigenvalue weighted by molar-refractivity contribution is 5.94. The first-order valence-electron chi connectivity index (χ1n) is 9.34. The van der Waals surface area contributed by atoms with Crippen molar-refractivity contribution in [2.45, 2.75) is 79.3 Å². The van der Waals surface area contributed by atoms with Crippen LogP contribution in [0.4, 0.5) is 5.82 Å². The maximum absolute atomic E-state index is 12.3. The van der Waals surface area contributed by atoms with E-state index in [-0.39, 0.29) is 11.3 Å². The van der Waals surface area contributed by atoms with Crippen molar-refractivity contribution in [3.63, 3.8) is 0 Å². The fraction of sp³-hybridized carbons (Fsp3) is 0.700. The average Bonchev–Trinajstić information content (AvgIpc) is 2.56. The van der Waals surface area contributed by atoms with Crippen molar-refractivity contribution in [2.75, 3.05) is 5.32 Å². The molecule has 4 nitrogen and oxygen atoms in total. The first kappa shape index (κ1) is 18.9. The predicted octanol–water partition coefficient (Wildman–Crippen LogP) is 4.43. The summed E-state index contributed by atoms with van der Waals surface area (Å²) >= 11 is 0. The lowest BCUT2D eigenvalue weighted by Gasteiger charge is -2.30. The lowest BCUT2D eigenvalue weighted by molar-refractivity contribution is -0.124. The standard InChI is InChI=1S/C20H33N3O/c1-6-20(4,5)19(24)23-18-11-16(15(3)12-22-18)13-21-17-10-8-7-9-14(17)2/h11-12,14,17,21H,6-10,13H2,1-5H3,(H,22,23,24). The molecule has 2 atom stereocenters. The Morgan fingerprint density at radius 2 is 2.04 bits per heavy atom. The van der Waals surface area contributed by atoms with Crippen molar-refractivity contribution in [3.05, 3.63) is 23.4 Å². The van der Waals surface area contributed by atoms with Gasteiger partial charge >= 0.3 is 0 Å². The number of nitrogens with zero attached hydrogens (tertiary/aromatic N) is 1. The molecule has 0 radical (unpaired) electrons. The number of aryl methyl sites for hydroxylation is 1. The van der Waals surface area contributed by atoms with E-state index in [0.717, 1.165) is 18.9 Å². The Kier molecular flexibility index (Phi) is 6.39. The number of rotatable bonds is 6. The van der Waals surface area contributed by atoms with Gasteiger partial charge in [0.05, 0.1) is 0 Å². The Balaban J connectivity index is 2.01. The molecule has 1 aliphatic carbocycles. The van der Waals surface area contributed by atoms with Gasteiger partial charge in [0.2, 0.25) is 5.91 Å². The van der Waals surface area contributed by atoms with Crippen molar-refractivity contribution in [2.24, 2.45) is 11.3 Å². The molecule has 1 heterocycles. The highest BCUT2D eigenvalue weighted by atomic mass is 16.2. The van der Waals surface area contributed by atoms with Crippen LogP contribution in [-0.2, 0) is 11.3 Å². The van der Waals surface area contributed by atoms with Crippen LogP contribution in [0.1, 0.15) is 70.9 Å². The number of pyridine rings is 1. The average molecular weight is 332 g/mol. The van der Waals surface area contributed by atoms with E-state index < -0.39 is 0 Å². The summed E-state index contributed by atoms with van der Waals surface area (Å²) in [7, 11) is 0. The molecule has 2 rings (SSSR count). The first-order chi connectivity index (χ1) is 11.3. The van der Waals surface area contributed by atoms with Gasteiger partial charge < -0.3 is 10.6 Å². The van der Waals surface area contributed by atoms with Crippen molar-refractivity contribution >= 4 is 11.7 Å². The van der Waals surface area contributed by atoms with E-state index in [4.69, 9.17) is 0 Å². The molecule has 0 spiro atoms. The topological polar surface area (TPSA) is 54.0 Å². The van der Waals surface area contributed by atoms with E-state index in [9.17, 15) is 4.79 Å². The van der Waals surface area contributed by atoms with Gasteiger partial charge in [-0.2, -0.15) is 0 Å². The minimum Gasteiger partial charge on any atom is -0.310 e. The van der Waals surface area contributed by atoms with Gasteiger partial charge in [0.15, 0.2) is 0 Å². The van der Waals surface area contributed by atoms with E-state index in [1.807, 2.05) is 33.0 Å². The number of hydrogen-bond acceptors (Lipinski definition) is 3. The smallest absolute Gasteiger partial charge is 0.231 e. The number of amides is 1. The molecule has 1 amide bonds. The first-order valence-corrected chi connectivity index (χ1v) is 9.34. The van der Waals surface area contributed by atoms with Crippen LogP contribution >= 0.6 is 0 Å². The van der Waals surface area contributed by atoms with Crippen LogP contribution in [0.2, 0.25) is 0 Å². The van der Waals surface area contributed by atoms with Crippen molar-refractivity contribution in [1.82, 2.24) is 10.3 Å². The number of aromatic nitrogens is 1. The molecular formula is C20H33N3O. The van der Waals surface area contributed by atoms with Crippen molar-refractivity contribution in [1.29, 1.82) is 0 Å². The summed E-state index contributed by atoms with van der Waals surface area (Å²) in [5, 5.41) is 6.68. The number of hydrogen-bond donors (Lipinski definition) is 2. The van der Waals surface area contributed by atoms with Crippen LogP contribution in [-0.4, -0.2) is 16.9 Å². The molecule has 1 aliphatic rings. The normalized spacial score (nSPS) is 21.5. The summed E-state index contributed by atoms with van der Waals surface area (Å²) in [6.07, 6.45) is 7.93. The van der Waals surface area contributed by atoms with Crippen LogP contribution in [0.5, 0.6) is 0 Å². The molecule has 0 aliphatic heterocycles. The van der Waals surface area contributed by atoms with Crippen LogP contribution in [0, 0.1) is 18.3 Å². The quantitative estimate of drug-likeness (QED) is 0.810. The third-order valence-corrected chi connectivity index (χ3v) is 5.62.